The van der Waals surface area contributed by atoms with Crippen LogP contribution in [0.3, 0.4) is 0 Å². The number of hydrogen-bond donors (Lipinski definition) is 1. The topological polar surface area (TPSA) is 46.2 Å². The molecule has 0 radical (unpaired) electrons. The molecule has 3 aromatic carbocycles. The fourth-order valence-electron chi connectivity index (χ4n) is 3.31. The maximum absolute atomic E-state index is 13.2. The van der Waals surface area contributed by atoms with E-state index in [1.807, 2.05) is 99.6 Å². The Bertz CT molecular complexity index is 944. The summed E-state index contributed by atoms with van der Waals surface area (Å²) < 4.78 is 0. The molecule has 0 aliphatic carbocycles. The molecular formula is C25H25NO2. The zero-order valence-corrected chi connectivity index (χ0v) is 16.5. The Labute approximate surface area is 166 Å². The lowest BCUT2D eigenvalue weighted by Crippen LogP contribution is -2.30. The molecule has 3 aromatic rings. The van der Waals surface area contributed by atoms with Crippen LogP contribution in [0.15, 0.2) is 78.9 Å². The van der Waals surface area contributed by atoms with Crippen molar-refractivity contribution in [3.8, 4) is 0 Å². The summed E-state index contributed by atoms with van der Waals surface area (Å²) in [4.78, 5) is 26.3. The van der Waals surface area contributed by atoms with Crippen molar-refractivity contribution in [2.75, 3.05) is 5.32 Å². The third-order valence-corrected chi connectivity index (χ3v) is 5.01. The minimum atomic E-state index is -0.574. The smallest absolute Gasteiger partial charge is 0.232 e. The van der Waals surface area contributed by atoms with Gasteiger partial charge in [-0.2, -0.15) is 0 Å². The van der Waals surface area contributed by atoms with E-state index in [0.29, 0.717) is 5.56 Å². The molecule has 0 aromatic heterocycles. The van der Waals surface area contributed by atoms with Crippen LogP contribution in [0.2, 0.25) is 0 Å². The van der Waals surface area contributed by atoms with Gasteiger partial charge in [0.15, 0.2) is 5.78 Å². The first-order chi connectivity index (χ1) is 13.5. The number of hydrogen-bond acceptors (Lipinski definition) is 2. The normalized spacial score (nSPS) is 12.8. The lowest BCUT2D eigenvalue weighted by molar-refractivity contribution is -0.118. The van der Waals surface area contributed by atoms with Crippen LogP contribution in [0.5, 0.6) is 0 Å². The molecule has 3 nitrogen and oxygen atoms in total. The number of carbonyl (C=O) groups excluding carboxylic acids is 2. The molecule has 0 aliphatic rings. The fraction of sp³-hybridized carbons (Fsp3) is 0.200. The Balaban J connectivity index is 1.92. The maximum atomic E-state index is 13.2. The lowest BCUT2D eigenvalue weighted by Gasteiger charge is -2.23. The van der Waals surface area contributed by atoms with Gasteiger partial charge in [0.25, 0.3) is 0 Å². The van der Waals surface area contributed by atoms with Crippen molar-refractivity contribution >= 4 is 17.4 Å². The van der Waals surface area contributed by atoms with Crippen LogP contribution >= 0.6 is 0 Å². The summed E-state index contributed by atoms with van der Waals surface area (Å²) >= 11 is 0. The Morgan fingerprint density at radius 3 is 1.86 bits per heavy atom. The van der Waals surface area contributed by atoms with Crippen molar-refractivity contribution in [2.45, 2.75) is 26.7 Å². The second kappa shape index (κ2) is 8.66. The fourth-order valence-corrected chi connectivity index (χ4v) is 3.31. The molecule has 1 N–H and O–H groups in total. The average Bonchev–Trinajstić information content (AvgIpc) is 2.70. The molecule has 1 amide bonds. The Hall–Kier alpha value is -3.20. The molecule has 2 atom stereocenters. The number of para-hydroxylation sites is 1. The molecule has 0 aliphatic heterocycles. The summed E-state index contributed by atoms with van der Waals surface area (Å²) in [6.45, 7) is 5.82. The second-order valence-electron chi connectivity index (χ2n) is 7.26. The molecule has 3 rings (SSSR count). The minimum Gasteiger partial charge on any atom is -0.326 e. The monoisotopic (exact) mass is 371 g/mol. The van der Waals surface area contributed by atoms with Crippen molar-refractivity contribution in [1.29, 1.82) is 0 Å². The van der Waals surface area contributed by atoms with E-state index in [9.17, 15) is 9.59 Å². The highest BCUT2D eigenvalue weighted by Crippen LogP contribution is 2.29. The molecule has 28 heavy (non-hydrogen) atoms. The van der Waals surface area contributed by atoms with Crippen LogP contribution in [-0.2, 0) is 4.79 Å². The van der Waals surface area contributed by atoms with E-state index in [2.05, 4.69) is 5.32 Å². The van der Waals surface area contributed by atoms with Gasteiger partial charge in [-0.1, -0.05) is 84.8 Å². The van der Waals surface area contributed by atoms with Gasteiger partial charge < -0.3 is 5.32 Å². The molecule has 0 spiro atoms. The van der Waals surface area contributed by atoms with E-state index < -0.39 is 11.8 Å². The highest BCUT2D eigenvalue weighted by molar-refractivity contribution is 6.04. The quantitative estimate of drug-likeness (QED) is 0.578. The number of aryl methyl sites for hydroxylation is 2. The predicted molar refractivity (Wildman–Crippen MR) is 114 cm³/mol. The molecule has 2 unspecified atom stereocenters. The zero-order valence-electron chi connectivity index (χ0n) is 16.5. The first kappa shape index (κ1) is 19.6. The number of anilines is 1. The highest BCUT2D eigenvalue weighted by atomic mass is 16.2. The van der Waals surface area contributed by atoms with E-state index >= 15 is 0 Å². The number of benzene rings is 3. The summed E-state index contributed by atoms with van der Waals surface area (Å²) in [5, 5.41) is 2.96. The Morgan fingerprint density at radius 2 is 1.29 bits per heavy atom. The molecule has 0 saturated heterocycles. The summed E-state index contributed by atoms with van der Waals surface area (Å²) in [6.07, 6.45) is 0. The van der Waals surface area contributed by atoms with Crippen LogP contribution in [0.1, 0.15) is 39.9 Å². The molecule has 0 saturated carbocycles. The largest absolute Gasteiger partial charge is 0.326 e. The highest BCUT2D eigenvalue weighted by Gasteiger charge is 2.32. The number of carbonyl (C=O) groups is 2. The molecule has 0 bridgehead atoms. The summed E-state index contributed by atoms with van der Waals surface area (Å²) in [6, 6.07) is 24.6. The first-order valence-corrected chi connectivity index (χ1v) is 9.49. The van der Waals surface area contributed by atoms with E-state index in [1.165, 1.54) is 0 Å². The van der Waals surface area contributed by atoms with Crippen molar-refractivity contribution in [2.24, 2.45) is 5.92 Å². The predicted octanol–water partition coefficient (Wildman–Crippen LogP) is 5.54. The minimum absolute atomic E-state index is 0.0335. The van der Waals surface area contributed by atoms with E-state index in [1.54, 1.807) is 0 Å². The van der Waals surface area contributed by atoms with E-state index in [4.69, 9.17) is 0 Å². The number of ketones is 1. The van der Waals surface area contributed by atoms with Crippen LogP contribution in [0, 0.1) is 19.8 Å². The Kier molecular flexibility index (Phi) is 6.05. The van der Waals surface area contributed by atoms with Gasteiger partial charge in [-0.05, 0) is 31.5 Å². The van der Waals surface area contributed by atoms with Crippen LogP contribution in [0.4, 0.5) is 5.69 Å². The van der Waals surface area contributed by atoms with Crippen molar-refractivity contribution in [3.63, 3.8) is 0 Å². The van der Waals surface area contributed by atoms with Crippen molar-refractivity contribution < 1.29 is 9.59 Å². The molecular weight excluding hydrogens is 346 g/mol. The number of amides is 1. The maximum Gasteiger partial charge on any atom is 0.232 e. The van der Waals surface area contributed by atoms with Gasteiger partial charge in [-0.25, -0.2) is 0 Å². The van der Waals surface area contributed by atoms with Crippen LogP contribution in [-0.4, -0.2) is 11.7 Å². The van der Waals surface area contributed by atoms with E-state index in [-0.39, 0.29) is 11.7 Å². The first-order valence-electron chi connectivity index (χ1n) is 9.49. The molecule has 0 fully saturated rings. The van der Waals surface area contributed by atoms with Crippen LogP contribution < -0.4 is 5.32 Å². The number of rotatable bonds is 6. The Morgan fingerprint density at radius 1 is 0.750 bits per heavy atom. The molecule has 3 heteroatoms. The van der Waals surface area contributed by atoms with Gasteiger partial charge in [0.05, 0.1) is 5.92 Å². The molecule has 0 heterocycles. The van der Waals surface area contributed by atoms with Crippen LogP contribution in [0.25, 0.3) is 0 Å². The lowest BCUT2D eigenvalue weighted by atomic mass is 9.81. The third kappa shape index (κ3) is 4.55. The van der Waals surface area contributed by atoms with Gasteiger partial charge in [0, 0.05) is 17.2 Å². The molecule has 142 valence electrons. The van der Waals surface area contributed by atoms with E-state index in [0.717, 1.165) is 22.4 Å². The van der Waals surface area contributed by atoms with Gasteiger partial charge in [0.2, 0.25) is 5.91 Å². The van der Waals surface area contributed by atoms with Gasteiger partial charge in [-0.15, -0.1) is 0 Å². The second-order valence-corrected chi connectivity index (χ2v) is 7.26. The summed E-state index contributed by atoms with van der Waals surface area (Å²) in [7, 11) is 0. The zero-order chi connectivity index (χ0) is 20.1. The van der Waals surface area contributed by atoms with Gasteiger partial charge in [-0.3, -0.25) is 9.59 Å². The van der Waals surface area contributed by atoms with Gasteiger partial charge in [0.1, 0.15) is 0 Å². The van der Waals surface area contributed by atoms with Crippen molar-refractivity contribution in [3.05, 3.63) is 101 Å². The average molecular weight is 371 g/mol. The van der Waals surface area contributed by atoms with Crippen molar-refractivity contribution in [1.82, 2.24) is 0 Å². The summed E-state index contributed by atoms with van der Waals surface area (Å²) in [5.41, 5.74) is 4.40. The number of nitrogens with one attached hydrogen (secondary N) is 1. The standard InChI is InChI=1S/C25H25NO2/c1-17-9-13-20(14-10-17)23(25(28)26-22-7-5-4-6-8-22)19(3)24(27)21-15-11-18(2)12-16-21/h4-16,19,23H,1-3H3,(H,26,28). The summed E-state index contributed by atoms with van der Waals surface area (Å²) in [5.74, 6) is -1.28. The number of Topliss-reactive ketones (excluding diaryl/α,β-unsaturated/α-hetero) is 1. The SMILES string of the molecule is Cc1ccc(C(=O)C(C)C(C(=O)Nc2ccccc2)c2ccc(C)cc2)cc1. The van der Waals surface area contributed by atoms with Gasteiger partial charge >= 0.3 is 0 Å². The third-order valence-electron chi connectivity index (χ3n) is 5.01.